The van der Waals surface area contributed by atoms with Crippen LogP contribution in [-0.4, -0.2) is 35.9 Å². The molecule has 3 N–H and O–H groups in total. The molecule has 110 valence electrons. The number of amides is 1. The Hall–Kier alpha value is -1.46. The first-order valence-corrected chi connectivity index (χ1v) is 7.27. The maximum Gasteiger partial charge on any atom is 0.233 e. The predicted octanol–water partition coefficient (Wildman–Crippen LogP) is 1.86. The number of thiocarbonyl (C=S) groups is 1. The Morgan fingerprint density at radius 2 is 2.05 bits per heavy atom. The molecule has 1 unspecified atom stereocenters. The SMILES string of the molecule is CCCN(CC(=O)NC)C(CC(N)=S)c1ccccc1. The molecule has 0 spiro atoms. The molecular formula is C15H23N3OS. The van der Waals surface area contributed by atoms with Gasteiger partial charge in [-0.25, -0.2) is 0 Å². The lowest BCUT2D eigenvalue weighted by molar-refractivity contribution is -0.122. The summed E-state index contributed by atoms with van der Waals surface area (Å²) < 4.78 is 0. The van der Waals surface area contributed by atoms with Crippen molar-refractivity contribution in [2.24, 2.45) is 5.73 Å². The molecular weight excluding hydrogens is 270 g/mol. The second kappa shape index (κ2) is 8.66. The van der Waals surface area contributed by atoms with E-state index >= 15 is 0 Å². The quantitative estimate of drug-likeness (QED) is 0.718. The van der Waals surface area contributed by atoms with Crippen LogP contribution in [0.5, 0.6) is 0 Å². The summed E-state index contributed by atoms with van der Waals surface area (Å²) in [6.07, 6.45) is 1.55. The van der Waals surface area contributed by atoms with E-state index in [1.807, 2.05) is 18.2 Å². The minimum absolute atomic E-state index is 0.00215. The molecule has 0 aliphatic rings. The molecule has 1 aromatic carbocycles. The second-order valence-electron chi connectivity index (χ2n) is 4.74. The largest absolute Gasteiger partial charge is 0.393 e. The number of nitrogens with zero attached hydrogens (tertiary/aromatic N) is 1. The van der Waals surface area contributed by atoms with Gasteiger partial charge in [-0.3, -0.25) is 9.69 Å². The molecule has 0 heterocycles. The van der Waals surface area contributed by atoms with Crippen LogP contribution in [0.15, 0.2) is 30.3 Å². The molecule has 0 aliphatic carbocycles. The summed E-state index contributed by atoms with van der Waals surface area (Å²) in [5, 5.41) is 2.67. The van der Waals surface area contributed by atoms with Crippen molar-refractivity contribution in [1.29, 1.82) is 0 Å². The van der Waals surface area contributed by atoms with Gasteiger partial charge in [-0.1, -0.05) is 49.5 Å². The average molecular weight is 293 g/mol. The molecule has 0 bridgehead atoms. The highest BCUT2D eigenvalue weighted by Crippen LogP contribution is 2.24. The van der Waals surface area contributed by atoms with E-state index in [9.17, 15) is 4.79 Å². The summed E-state index contributed by atoms with van der Waals surface area (Å²) in [6.45, 7) is 3.28. The van der Waals surface area contributed by atoms with Gasteiger partial charge in [0.25, 0.3) is 0 Å². The zero-order valence-electron chi connectivity index (χ0n) is 12.1. The number of rotatable bonds is 8. The highest BCUT2D eigenvalue weighted by molar-refractivity contribution is 7.80. The number of carbonyl (C=O) groups excluding carboxylic acids is 1. The Morgan fingerprint density at radius 1 is 1.40 bits per heavy atom. The zero-order chi connectivity index (χ0) is 15.0. The lowest BCUT2D eigenvalue weighted by Gasteiger charge is -2.31. The zero-order valence-corrected chi connectivity index (χ0v) is 13.0. The van der Waals surface area contributed by atoms with E-state index in [2.05, 4.69) is 29.3 Å². The van der Waals surface area contributed by atoms with Crippen molar-refractivity contribution in [2.75, 3.05) is 20.1 Å². The van der Waals surface area contributed by atoms with Crippen molar-refractivity contribution in [1.82, 2.24) is 10.2 Å². The van der Waals surface area contributed by atoms with Crippen molar-refractivity contribution in [3.05, 3.63) is 35.9 Å². The Bertz CT molecular complexity index is 436. The van der Waals surface area contributed by atoms with Crippen LogP contribution >= 0.6 is 12.2 Å². The Morgan fingerprint density at radius 3 is 2.55 bits per heavy atom. The molecule has 0 radical (unpaired) electrons. The third kappa shape index (κ3) is 5.27. The highest BCUT2D eigenvalue weighted by atomic mass is 32.1. The number of nitrogens with one attached hydrogen (secondary N) is 1. The first-order chi connectivity index (χ1) is 9.58. The first kappa shape index (κ1) is 16.6. The van der Waals surface area contributed by atoms with Gasteiger partial charge in [-0.2, -0.15) is 0 Å². The molecule has 1 amide bonds. The Kier molecular flexibility index (Phi) is 7.18. The second-order valence-corrected chi connectivity index (χ2v) is 5.26. The summed E-state index contributed by atoms with van der Waals surface area (Å²) in [5.74, 6) is 0.00215. The van der Waals surface area contributed by atoms with Gasteiger partial charge in [0.1, 0.15) is 0 Å². The van der Waals surface area contributed by atoms with Gasteiger partial charge in [0.05, 0.1) is 11.5 Å². The third-order valence-electron chi connectivity index (χ3n) is 3.16. The summed E-state index contributed by atoms with van der Waals surface area (Å²) >= 11 is 5.07. The van der Waals surface area contributed by atoms with Crippen LogP contribution in [0.2, 0.25) is 0 Å². The summed E-state index contributed by atoms with van der Waals surface area (Å²) in [7, 11) is 1.65. The minimum atomic E-state index is 0.00215. The van der Waals surface area contributed by atoms with Crippen LogP contribution in [0.1, 0.15) is 31.4 Å². The number of benzene rings is 1. The lowest BCUT2D eigenvalue weighted by Crippen LogP contribution is -2.39. The molecule has 0 saturated heterocycles. The molecule has 0 fully saturated rings. The fourth-order valence-electron chi connectivity index (χ4n) is 2.22. The van der Waals surface area contributed by atoms with Crippen LogP contribution in [-0.2, 0) is 4.79 Å². The fourth-order valence-corrected chi connectivity index (χ4v) is 2.38. The van der Waals surface area contributed by atoms with Gasteiger partial charge in [-0.05, 0) is 18.5 Å². The van der Waals surface area contributed by atoms with Crippen LogP contribution in [0.25, 0.3) is 0 Å². The van der Waals surface area contributed by atoms with Crippen molar-refractivity contribution < 1.29 is 4.79 Å². The number of nitrogens with two attached hydrogens (primary N) is 1. The number of hydrogen-bond acceptors (Lipinski definition) is 3. The van der Waals surface area contributed by atoms with Crippen LogP contribution < -0.4 is 11.1 Å². The van der Waals surface area contributed by atoms with E-state index in [-0.39, 0.29) is 11.9 Å². The smallest absolute Gasteiger partial charge is 0.233 e. The molecule has 5 heteroatoms. The molecule has 1 rings (SSSR count). The van der Waals surface area contributed by atoms with E-state index in [4.69, 9.17) is 18.0 Å². The average Bonchev–Trinajstić information content (AvgIpc) is 2.45. The van der Waals surface area contributed by atoms with E-state index in [1.54, 1.807) is 7.05 Å². The Labute approximate surface area is 126 Å². The first-order valence-electron chi connectivity index (χ1n) is 6.86. The van der Waals surface area contributed by atoms with E-state index < -0.39 is 0 Å². The number of likely N-dealkylation sites (N-methyl/N-ethyl adjacent to an activating group) is 1. The van der Waals surface area contributed by atoms with Crippen molar-refractivity contribution >= 4 is 23.1 Å². The maximum absolute atomic E-state index is 11.7. The molecule has 1 atom stereocenters. The van der Waals surface area contributed by atoms with Crippen LogP contribution in [0.4, 0.5) is 0 Å². The van der Waals surface area contributed by atoms with Crippen molar-refractivity contribution in [2.45, 2.75) is 25.8 Å². The number of hydrogen-bond donors (Lipinski definition) is 2. The van der Waals surface area contributed by atoms with E-state index in [0.717, 1.165) is 18.5 Å². The molecule has 0 aliphatic heterocycles. The standard InChI is InChI=1S/C15H23N3OS/c1-3-9-18(11-15(19)17-2)13(10-14(16)20)12-7-5-4-6-8-12/h4-8,13H,3,9-11H2,1-2H3,(H2,16,20)(H,17,19). The number of carbonyl (C=O) groups is 1. The Balaban J connectivity index is 2.98. The van der Waals surface area contributed by atoms with Gasteiger partial charge in [0.2, 0.25) is 5.91 Å². The molecule has 0 saturated carbocycles. The molecule has 20 heavy (non-hydrogen) atoms. The van der Waals surface area contributed by atoms with Gasteiger partial charge in [0, 0.05) is 19.5 Å². The van der Waals surface area contributed by atoms with Gasteiger partial charge < -0.3 is 11.1 Å². The van der Waals surface area contributed by atoms with Crippen LogP contribution in [0.3, 0.4) is 0 Å². The normalized spacial score (nSPS) is 12.2. The minimum Gasteiger partial charge on any atom is -0.393 e. The monoisotopic (exact) mass is 293 g/mol. The predicted molar refractivity (Wildman–Crippen MR) is 86.5 cm³/mol. The fraction of sp³-hybridized carbons (Fsp3) is 0.467. The van der Waals surface area contributed by atoms with E-state index in [0.29, 0.717) is 18.0 Å². The summed E-state index contributed by atoms with van der Waals surface area (Å²) in [4.78, 5) is 14.3. The summed E-state index contributed by atoms with van der Waals surface area (Å²) in [6, 6.07) is 10.1. The van der Waals surface area contributed by atoms with E-state index in [1.165, 1.54) is 0 Å². The van der Waals surface area contributed by atoms with Gasteiger partial charge in [-0.15, -0.1) is 0 Å². The molecule has 0 aromatic heterocycles. The van der Waals surface area contributed by atoms with Crippen molar-refractivity contribution in [3.63, 3.8) is 0 Å². The van der Waals surface area contributed by atoms with Crippen LogP contribution in [0, 0.1) is 0 Å². The van der Waals surface area contributed by atoms with Gasteiger partial charge >= 0.3 is 0 Å². The summed E-state index contributed by atoms with van der Waals surface area (Å²) in [5.41, 5.74) is 6.87. The topological polar surface area (TPSA) is 58.4 Å². The highest BCUT2D eigenvalue weighted by Gasteiger charge is 2.22. The molecule has 1 aromatic rings. The van der Waals surface area contributed by atoms with Gasteiger partial charge in [0.15, 0.2) is 0 Å². The molecule has 4 nitrogen and oxygen atoms in total. The maximum atomic E-state index is 11.7. The van der Waals surface area contributed by atoms with Crippen molar-refractivity contribution in [3.8, 4) is 0 Å². The lowest BCUT2D eigenvalue weighted by atomic mass is 10.0. The third-order valence-corrected chi connectivity index (χ3v) is 3.32.